The molecule has 4 aromatic carbocycles. The molecule has 7 rings (SSSR count). The molecule has 13 heteroatoms. The highest BCUT2D eigenvalue weighted by molar-refractivity contribution is 5.87. The van der Waals surface area contributed by atoms with Gasteiger partial charge in [0, 0.05) is 36.3 Å². The Kier molecular flexibility index (Phi) is 12.0. The number of rotatable bonds is 12. The second-order valence-corrected chi connectivity index (χ2v) is 13.4. The molecule has 7 aromatic rings. The number of guanidine groups is 2. The molecular weight excluding hydrogens is 689 g/mol. The summed E-state index contributed by atoms with van der Waals surface area (Å²) >= 11 is 0. The van der Waals surface area contributed by atoms with Gasteiger partial charge in [-0.1, -0.05) is 86.6 Å². The molecule has 3 heterocycles. The average molecular weight is 737 g/mol. The number of anilines is 1. The zero-order valence-electron chi connectivity index (χ0n) is 31.2. The van der Waals surface area contributed by atoms with Crippen LogP contribution in [0, 0.1) is 0 Å². The van der Waals surface area contributed by atoms with E-state index >= 15 is 0 Å². The van der Waals surface area contributed by atoms with Crippen molar-refractivity contribution >= 4 is 44.9 Å². The number of nitrogen functional groups attached to an aromatic ring is 1. The molecule has 0 spiro atoms. The normalized spacial score (nSPS) is 11.6. The first-order chi connectivity index (χ1) is 26.6. The minimum absolute atomic E-state index is 0.0838. The minimum atomic E-state index is 0.0838. The van der Waals surface area contributed by atoms with Gasteiger partial charge in [-0.3, -0.25) is 14.4 Å². The van der Waals surface area contributed by atoms with Gasteiger partial charge in [-0.2, -0.15) is 0 Å². The standard InChI is InChI=1S/C24H28N6O.C18H20N6/c1-3-15(2)21-23(31)30-14-20(18-11-10-16-7-4-5-8-17(16)13-18)28-19(22(30)29-21)9-6-12-27-24(25)26;19-17-15(6-3-9-22-18(20)21)24-16(11-23-17)14-8-7-12-4-1-2-5-13(12)10-14/h4-5,7-8,10-11,13-15,31H,3,6,9,12H2,1-2H3,(H4,25,26,27);1-2,4-5,7-8,10-11H,3,6,9H2,(H2,19,23)(H4,20,21,22). The second kappa shape index (κ2) is 17.4. The lowest BCUT2D eigenvalue weighted by Crippen LogP contribution is -2.23. The van der Waals surface area contributed by atoms with Crippen LogP contribution in [0.15, 0.2) is 107 Å². The van der Waals surface area contributed by atoms with E-state index in [-0.39, 0.29) is 23.7 Å². The van der Waals surface area contributed by atoms with Crippen LogP contribution in [0.4, 0.5) is 5.82 Å². The number of imidazole rings is 1. The number of aromatic nitrogens is 5. The fraction of sp³-hybridized carbons (Fsp3) is 0.238. The number of aliphatic imine (C=N–C) groups is 2. The van der Waals surface area contributed by atoms with Gasteiger partial charge in [0.25, 0.3) is 0 Å². The van der Waals surface area contributed by atoms with Crippen molar-refractivity contribution < 1.29 is 5.11 Å². The quantitative estimate of drug-likeness (QED) is 0.0482. The van der Waals surface area contributed by atoms with Crippen molar-refractivity contribution in [2.24, 2.45) is 32.9 Å². The highest BCUT2D eigenvalue weighted by Gasteiger charge is 2.20. The van der Waals surface area contributed by atoms with E-state index in [2.05, 4.69) is 88.4 Å². The topological polar surface area (TPSA) is 231 Å². The van der Waals surface area contributed by atoms with Gasteiger partial charge in [-0.15, -0.1) is 0 Å². The van der Waals surface area contributed by atoms with E-state index in [0.29, 0.717) is 43.1 Å². The van der Waals surface area contributed by atoms with Gasteiger partial charge in [0.1, 0.15) is 11.5 Å². The van der Waals surface area contributed by atoms with Crippen molar-refractivity contribution in [1.82, 2.24) is 24.3 Å². The van der Waals surface area contributed by atoms with Crippen LogP contribution in [-0.2, 0) is 12.8 Å². The third-order valence-corrected chi connectivity index (χ3v) is 9.46. The highest BCUT2D eigenvalue weighted by atomic mass is 16.3. The Morgan fingerprint density at radius 1 is 0.709 bits per heavy atom. The molecule has 0 saturated heterocycles. The average Bonchev–Trinajstić information content (AvgIpc) is 3.54. The van der Waals surface area contributed by atoms with Crippen molar-refractivity contribution in [3.8, 4) is 28.4 Å². The molecule has 0 aliphatic heterocycles. The predicted octanol–water partition coefficient (Wildman–Crippen LogP) is 6.06. The maximum absolute atomic E-state index is 10.9. The second-order valence-electron chi connectivity index (χ2n) is 13.4. The Bertz CT molecular complexity index is 2480. The molecule has 0 aliphatic carbocycles. The molecule has 55 heavy (non-hydrogen) atoms. The number of nitrogens with zero attached hydrogens (tertiary/aromatic N) is 7. The molecule has 3 aromatic heterocycles. The summed E-state index contributed by atoms with van der Waals surface area (Å²) in [6.07, 6.45) is 7.29. The molecule has 282 valence electrons. The summed E-state index contributed by atoms with van der Waals surface area (Å²) in [5.74, 6) is 0.960. The smallest absolute Gasteiger partial charge is 0.219 e. The third kappa shape index (κ3) is 9.25. The van der Waals surface area contributed by atoms with Crippen LogP contribution in [0.1, 0.15) is 56.1 Å². The number of hydrogen-bond donors (Lipinski definition) is 6. The van der Waals surface area contributed by atoms with Gasteiger partial charge in [0.2, 0.25) is 5.88 Å². The van der Waals surface area contributed by atoms with Crippen molar-refractivity contribution in [2.75, 3.05) is 18.8 Å². The number of aromatic hydroxyl groups is 1. The van der Waals surface area contributed by atoms with Crippen molar-refractivity contribution in [1.29, 1.82) is 0 Å². The van der Waals surface area contributed by atoms with E-state index in [1.165, 1.54) is 16.2 Å². The fourth-order valence-corrected chi connectivity index (χ4v) is 6.31. The molecule has 0 amide bonds. The van der Waals surface area contributed by atoms with Crippen LogP contribution in [0.3, 0.4) is 0 Å². The number of aryl methyl sites for hydroxylation is 2. The zero-order valence-corrected chi connectivity index (χ0v) is 31.2. The molecule has 13 nitrogen and oxygen atoms in total. The van der Waals surface area contributed by atoms with E-state index < -0.39 is 0 Å². The molecule has 1 atom stereocenters. The third-order valence-electron chi connectivity index (χ3n) is 9.46. The summed E-state index contributed by atoms with van der Waals surface area (Å²) < 4.78 is 1.76. The van der Waals surface area contributed by atoms with Gasteiger partial charge in [-0.05, 0) is 65.8 Å². The summed E-state index contributed by atoms with van der Waals surface area (Å²) in [5.41, 5.74) is 34.1. The Morgan fingerprint density at radius 2 is 1.24 bits per heavy atom. The van der Waals surface area contributed by atoms with Gasteiger partial charge in [-0.25, -0.2) is 19.9 Å². The lowest BCUT2D eigenvalue weighted by Gasteiger charge is -2.09. The van der Waals surface area contributed by atoms with E-state index in [4.69, 9.17) is 38.6 Å². The molecule has 0 aliphatic rings. The molecule has 0 saturated carbocycles. The highest BCUT2D eigenvalue weighted by Crippen LogP contribution is 2.32. The molecule has 1 unspecified atom stereocenters. The minimum Gasteiger partial charge on any atom is -0.493 e. The van der Waals surface area contributed by atoms with E-state index in [1.807, 2.05) is 36.5 Å². The lowest BCUT2D eigenvalue weighted by molar-refractivity contribution is 0.435. The Hall–Kier alpha value is -6.76. The van der Waals surface area contributed by atoms with Crippen LogP contribution in [0.25, 0.3) is 49.7 Å². The molecule has 0 fully saturated rings. The molecular formula is C42H48N12O. The summed E-state index contributed by atoms with van der Waals surface area (Å²) in [6.45, 7) is 5.21. The van der Waals surface area contributed by atoms with Crippen LogP contribution in [0.5, 0.6) is 5.88 Å². The molecule has 0 radical (unpaired) electrons. The summed E-state index contributed by atoms with van der Waals surface area (Å²) in [6, 6.07) is 29.0. The van der Waals surface area contributed by atoms with Gasteiger partial charge < -0.3 is 33.8 Å². The first-order valence-electron chi connectivity index (χ1n) is 18.4. The van der Waals surface area contributed by atoms with Gasteiger partial charge in [0.15, 0.2) is 17.6 Å². The van der Waals surface area contributed by atoms with E-state index in [0.717, 1.165) is 58.6 Å². The zero-order chi connectivity index (χ0) is 38.9. The van der Waals surface area contributed by atoms with Gasteiger partial charge >= 0.3 is 0 Å². The maximum Gasteiger partial charge on any atom is 0.219 e. The molecule has 11 N–H and O–H groups in total. The Labute approximate surface area is 320 Å². The lowest BCUT2D eigenvalue weighted by atomic mass is 10.1. The summed E-state index contributed by atoms with van der Waals surface area (Å²) in [7, 11) is 0. The first-order valence-corrected chi connectivity index (χ1v) is 18.4. The van der Waals surface area contributed by atoms with Crippen LogP contribution >= 0.6 is 0 Å². The van der Waals surface area contributed by atoms with Crippen molar-refractivity contribution in [3.05, 3.63) is 114 Å². The predicted molar refractivity (Wildman–Crippen MR) is 224 cm³/mol. The maximum atomic E-state index is 10.9. The van der Waals surface area contributed by atoms with Crippen LogP contribution in [0.2, 0.25) is 0 Å². The van der Waals surface area contributed by atoms with Crippen LogP contribution in [-0.4, -0.2) is 54.5 Å². The van der Waals surface area contributed by atoms with Crippen LogP contribution < -0.4 is 28.7 Å². The Morgan fingerprint density at radius 3 is 1.80 bits per heavy atom. The monoisotopic (exact) mass is 736 g/mol. The van der Waals surface area contributed by atoms with E-state index in [9.17, 15) is 5.11 Å². The number of benzene rings is 4. The van der Waals surface area contributed by atoms with Gasteiger partial charge in [0.05, 0.1) is 29.0 Å². The SMILES string of the molecule is CCC(C)c1nc2c(CCCN=C(N)N)nc(-c3ccc4ccccc4c3)cn2c1O.NC(N)=NCCCc1nc(-c2ccc3ccccc3c2)cnc1N. The first kappa shape index (κ1) is 38.0. The van der Waals surface area contributed by atoms with E-state index in [1.54, 1.807) is 10.6 Å². The fourth-order valence-electron chi connectivity index (χ4n) is 6.31. The summed E-state index contributed by atoms with van der Waals surface area (Å²) in [5, 5.41) is 15.6. The van der Waals surface area contributed by atoms with Crippen molar-refractivity contribution in [2.45, 2.75) is 51.9 Å². The van der Waals surface area contributed by atoms with Crippen molar-refractivity contribution in [3.63, 3.8) is 0 Å². The molecule has 0 bridgehead atoms. The summed E-state index contributed by atoms with van der Waals surface area (Å²) in [4.78, 5) is 26.7. The largest absolute Gasteiger partial charge is 0.493 e. The number of fused-ring (bicyclic) bond motifs is 3. The number of nitrogens with two attached hydrogens (primary N) is 5. The Balaban J connectivity index is 0.000000193. The number of hydrogen-bond acceptors (Lipinski definition) is 8.